The summed E-state index contributed by atoms with van der Waals surface area (Å²) in [7, 11) is 0. The van der Waals surface area contributed by atoms with Crippen LogP contribution in [-0.4, -0.2) is 43.6 Å². The molecule has 3 aromatic carbocycles. The van der Waals surface area contributed by atoms with Gasteiger partial charge in [0.25, 0.3) is 17.7 Å². The summed E-state index contributed by atoms with van der Waals surface area (Å²) < 4.78 is 30.4. The highest BCUT2D eigenvalue weighted by Gasteiger charge is 2.37. The summed E-state index contributed by atoms with van der Waals surface area (Å²) in [6.45, 7) is 3.68. The molecule has 0 atom stereocenters. The Morgan fingerprint density at radius 1 is 1.00 bits per heavy atom. The van der Waals surface area contributed by atoms with E-state index in [9.17, 15) is 23.6 Å². The van der Waals surface area contributed by atoms with E-state index in [1.165, 1.54) is 48.5 Å². The molecule has 0 aliphatic carbocycles. The van der Waals surface area contributed by atoms with Crippen molar-refractivity contribution in [2.45, 2.75) is 13.8 Å². The molecular formula is C29H25ClFN3O7. The number of benzene rings is 3. The molecular weight excluding hydrogens is 557 g/mol. The summed E-state index contributed by atoms with van der Waals surface area (Å²) in [6, 6.07) is 13.9. The largest absolute Gasteiger partial charge is 0.494 e. The maximum absolute atomic E-state index is 13.8. The second-order valence-corrected chi connectivity index (χ2v) is 8.87. The van der Waals surface area contributed by atoms with Gasteiger partial charge in [0.15, 0.2) is 18.1 Å². The van der Waals surface area contributed by atoms with Gasteiger partial charge in [-0.3, -0.25) is 19.7 Å². The number of para-hydroxylation sites is 1. The standard InChI is InChI=1S/C29H25ClFN3O7/c1-3-39-19-11-9-18(10-12-19)34-28(37)20(27(36)33-29(34)38)13-17-14-21(30)26(24(15-17)40-4-2)41-16-25(35)32-23-8-6-5-7-22(23)31/h5-15H,3-4,16H2,1-2H3,(H,32,35)(H,33,36,38)/b20-13+. The quantitative estimate of drug-likeness (QED) is 0.256. The van der Waals surface area contributed by atoms with Crippen molar-refractivity contribution < 1.29 is 37.8 Å². The zero-order valence-electron chi connectivity index (χ0n) is 22.0. The Hall–Kier alpha value is -4.90. The van der Waals surface area contributed by atoms with Gasteiger partial charge in [0.05, 0.1) is 29.6 Å². The lowest BCUT2D eigenvalue weighted by Gasteiger charge is -2.26. The van der Waals surface area contributed by atoms with Gasteiger partial charge in [-0.2, -0.15) is 0 Å². The van der Waals surface area contributed by atoms with Gasteiger partial charge in [-0.05, 0) is 74.0 Å². The summed E-state index contributed by atoms with van der Waals surface area (Å²) in [6.07, 6.45) is 1.26. The molecule has 1 aliphatic heterocycles. The number of carbonyl (C=O) groups excluding carboxylic acids is 4. The molecule has 3 aromatic rings. The number of ether oxygens (including phenoxy) is 3. The maximum Gasteiger partial charge on any atom is 0.335 e. The van der Waals surface area contributed by atoms with Crippen molar-refractivity contribution in [2.75, 3.05) is 30.0 Å². The van der Waals surface area contributed by atoms with Crippen molar-refractivity contribution in [3.63, 3.8) is 0 Å². The van der Waals surface area contributed by atoms with Crippen molar-refractivity contribution >= 4 is 52.8 Å². The van der Waals surface area contributed by atoms with E-state index in [2.05, 4.69) is 10.6 Å². The highest BCUT2D eigenvalue weighted by Crippen LogP contribution is 2.37. The van der Waals surface area contributed by atoms with Gasteiger partial charge < -0.3 is 19.5 Å². The van der Waals surface area contributed by atoms with Crippen LogP contribution in [0.5, 0.6) is 17.2 Å². The van der Waals surface area contributed by atoms with Crippen LogP contribution in [0.3, 0.4) is 0 Å². The van der Waals surface area contributed by atoms with E-state index in [-0.39, 0.29) is 40.1 Å². The number of nitrogens with one attached hydrogen (secondary N) is 2. The molecule has 0 spiro atoms. The van der Waals surface area contributed by atoms with Gasteiger partial charge in [-0.1, -0.05) is 23.7 Å². The molecule has 0 unspecified atom stereocenters. The Balaban J connectivity index is 1.57. The molecule has 0 saturated carbocycles. The lowest BCUT2D eigenvalue weighted by atomic mass is 10.1. The lowest BCUT2D eigenvalue weighted by molar-refractivity contribution is -0.122. The van der Waals surface area contributed by atoms with E-state index < -0.39 is 36.2 Å². The molecule has 0 radical (unpaired) electrons. The number of halogens is 2. The Kier molecular flexibility index (Phi) is 9.20. The number of imide groups is 2. The van der Waals surface area contributed by atoms with E-state index in [1.54, 1.807) is 25.1 Å². The summed E-state index contributed by atoms with van der Waals surface area (Å²) in [5.41, 5.74) is 0.197. The van der Waals surface area contributed by atoms with Gasteiger partial charge >= 0.3 is 6.03 Å². The van der Waals surface area contributed by atoms with E-state index in [0.29, 0.717) is 17.9 Å². The van der Waals surface area contributed by atoms with Crippen LogP contribution in [0.25, 0.3) is 6.08 Å². The molecule has 2 N–H and O–H groups in total. The van der Waals surface area contributed by atoms with Crippen LogP contribution in [0.4, 0.5) is 20.6 Å². The highest BCUT2D eigenvalue weighted by molar-refractivity contribution is 6.39. The molecule has 212 valence electrons. The van der Waals surface area contributed by atoms with E-state index in [4.69, 9.17) is 25.8 Å². The van der Waals surface area contributed by atoms with Gasteiger partial charge in [0.1, 0.15) is 17.1 Å². The van der Waals surface area contributed by atoms with E-state index in [0.717, 1.165) is 4.90 Å². The van der Waals surface area contributed by atoms with Crippen molar-refractivity contribution in [2.24, 2.45) is 0 Å². The molecule has 41 heavy (non-hydrogen) atoms. The summed E-state index contributed by atoms with van der Waals surface area (Å²) in [5, 5.41) is 4.58. The smallest absolute Gasteiger partial charge is 0.335 e. The Bertz CT molecular complexity index is 1530. The second-order valence-electron chi connectivity index (χ2n) is 8.46. The molecule has 10 nitrogen and oxygen atoms in total. The van der Waals surface area contributed by atoms with Crippen molar-refractivity contribution in [1.29, 1.82) is 0 Å². The minimum atomic E-state index is -0.897. The van der Waals surface area contributed by atoms with Crippen LogP contribution < -0.4 is 29.7 Å². The zero-order valence-corrected chi connectivity index (χ0v) is 22.8. The number of hydrogen-bond acceptors (Lipinski definition) is 7. The van der Waals surface area contributed by atoms with Crippen molar-refractivity contribution in [1.82, 2.24) is 5.32 Å². The van der Waals surface area contributed by atoms with Gasteiger partial charge in [0, 0.05) is 0 Å². The third kappa shape index (κ3) is 6.82. The van der Waals surface area contributed by atoms with Crippen LogP contribution in [0.15, 0.2) is 66.2 Å². The minimum Gasteiger partial charge on any atom is -0.494 e. The first-order valence-corrected chi connectivity index (χ1v) is 12.9. The number of barbiturate groups is 1. The average molecular weight is 582 g/mol. The first kappa shape index (κ1) is 29.1. The molecule has 0 aromatic heterocycles. The molecule has 12 heteroatoms. The molecule has 0 bridgehead atoms. The maximum atomic E-state index is 13.8. The number of hydrogen-bond donors (Lipinski definition) is 2. The number of rotatable bonds is 10. The predicted molar refractivity (Wildman–Crippen MR) is 150 cm³/mol. The van der Waals surface area contributed by atoms with Gasteiger partial charge in [-0.15, -0.1) is 0 Å². The van der Waals surface area contributed by atoms with Crippen molar-refractivity contribution in [3.05, 3.63) is 82.6 Å². The number of amides is 5. The fourth-order valence-corrected chi connectivity index (χ4v) is 4.15. The van der Waals surface area contributed by atoms with E-state index >= 15 is 0 Å². The fourth-order valence-electron chi connectivity index (χ4n) is 3.88. The molecule has 1 aliphatic rings. The van der Waals surface area contributed by atoms with Gasteiger partial charge in [-0.25, -0.2) is 14.1 Å². The lowest BCUT2D eigenvalue weighted by Crippen LogP contribution is -2.54. The van der Waals surface area contributed by atoms with Crippen LogP contribution in [0.2, 0.25) is 5.02 Å². The first-order valence-electron chi connectivity index (χ1n) is 12.5. The topological polar surface area (TPSA) is 123 Å². The third-order valence-corrected chi connectivity index (χ3v) is 5.93. The average Bonchev–Trinajstić information content (AvgIpc) is 2.93. The summed E-state index contributed by atoms with van der Waals surface area (Å²) in [5.74, 6) is -2.25. The van der Waals surface area contributed by atoms with Crippen LogP contribution in [-0.2, 0) is 14.4 Å². The third-order valence-electron chi connectivity index (χ3n) is 5.65. The van der Waals surface area contributed by atoms with E-state index in [1.807, 2.05) is 6.92 Å². The Morgan fingerprint density at radius 3 is 2.39 bits per heavy atom. The van der Waals surface area contributed by atoms with Crippen molar-refractivity contribution in [3.8, 4) is 17.2 Å². The minimum absolute atomic E-state index is 0.00705. The number of nitrogens with zero attached hydrogens (tertiary/aromatic N) is 1. The fraction of sp³-hybridized carbons (Fsp3) is 0.172. The number of carbonyl (C=O) groups is 4. The second kappa shape index (κ2) is 13.0. The molecule has 1 saturated heterocycles. The summed E-state index contributed by atoms with van der Waals surface area (Å²) in [4.78, 5) is 51.6. The monoisotopic (exact) mass is 581 g/mol. The number of urea groups is 1. The van der Waals surface area contributed by atoms with Crippen LogP contribution in [0, 0.1) is 5.82 Å². The normalized spacial score (nSPS) is 14.1. The number of anilines is 2. The van der Waals surface area contributed by atoms with Crippen LogP contribution in [0.1, 0.15) is 19.4 Å². The SMILES string of the molecule is CCOc1ccc(N2C(=O)NC(=O)/C(=C\c3cc(Cl)c(OCC(=O)Nc4ccccc4F)c(OCC)c3)C2=O)cc1. The van der Waals surface area contributed by atoms with Crippen LogP contribution >= 0.6 is 11.6 Å². The zero-order chi connectivity index (χ0) is 29.5. The Labute approximate surface area is 239 Å². The first-order chi connectivity index (χ1) is 19.7. The predicted octanol–water partition coefficient (Wildman–Crippen LogP) is 4.96. The Morgan fingerprint density at radius 2 is 1.71 bits per heavy atom. The molecule has 5 amide bonds. The summed E-state index contributed by atoms with van der Waals surface area (Å²) >= 11 is 6.43. The molecule has 1 fully saturated rings. The van der Waals surface area contributed by atoms with Gasteiger partial charge in [0.2, 0.25) is 0 Å². The molecule has 1 heterocycles. The molecule has 4 rings (SSSR count). The highest BCUT2D eigenvalue weighted by atomic mass is 35.5.